The Labute approximate surface area is 379 Å². The van der Waals surface area contributed by atoms with Gasteiger partial charge in [0, 0.05) is 30.3 Å². The van der Waals surface area contributed by atoms with Gasteiger partial charge in [-0.05, 0) is 86.8 Å². The molecule has 2 aromatic heterocycles. The number of aliphatic hydroxyl groups excluding tert-OH is 2. The zero-order valence-corrected chi connectivity index (χ0v) is 37.4. The minimum Gasteiger partial charge on any atom is -0.479 e. The van der Waals surface area contributed by atoms with Crippen LogP contribution >= 0.6 is 12.2 Å². The number of thiocarbonyl (C=S) groups is 1. The molecule has 2 aromatic carbocycles. The summed E-state index contributed by atoms with van der Waals surface area (Å²) in [6, 6.07) is 15.5. The number of methoxy groups -OCH3 is 1. The van der Waals surface area contributed by atoms with Crippen LogP contribution in [-0.4, -0.2) is 112 Å². The zero-order valence-electron chi connectivity index (χ0n) is 36.6. The van der Waals surface area contributed by atoms with Crippen LogP contribution in [0.3, 0.4) is 0 Å². The number of hydrogen-bond acceptors (Lipinski definition) is 14. The van der Waals surface area contributed by atoms with E-state index in [1.807, 2.05) is 30.3 Å². The van der Waals surface area contributed by atoms with E-state index in [2.05, 4.69) is 20.9 Å². The summed E-state index contributed by atoms with van der Waals surface area (Å²) in [4.78, 5) is 65.3. The Bertz CT molecular complexity index is 2550. The van der Waals surface area contributed by atoms with E-state index in [4.69, 9.17) is 52.4 Å². The highest BCUT2D eigenvalue weighted by Crippen LogP contribution is 2.43. The second-order valence-corrected chi connectivity index (χ2v) is 16.9. The van der Waals surface area contributed by atoms with Crippen LogP contribution in [0.5, 0.6) is 11.5 Å². The van der Waals surface area contributed by atoms with Crippen LogP contribution in [0.25, 0.3) is 22.3 Å². The van der Waals surface area contributed by atoms with Gasteiger partial charge < -0.3 is 61.3 Å². The van der Waals surface area contributed by atoms with E-state index in [9.17, 15) is 29.4 Å². The highest BCUT2D eigenvalue weighted by atomic mass is 32.1. The van der Waals surface area contributed by atoms with Gasteiger partial charge in [-0.2, -0.15) is 0 Å². The topological polar surface area (TPSA) is 273 Å². The Morgan fingerprint density at radius 2 is 1.82 bits per heavy atom. The van der Waals surface area contributed by atoms with Crippen molar-refractivity contribution in [1.82, 2.24) is 20.2 Å². The van der Waals surface area contributed by atoms with Gasteiger partial charge in [-0.1, -0.05) is 39.0 Å². The number of rotatable bonds is 15. The maximum Gasteiger partial charge on any atom is 0.330 e. The van der Waals surface area contributed by atoms with Crippen molar-refractivity contribution in [2.24, 2.45) is 22.4 Å². The van der Waals surface area contributed by atoms with Gasteiger partial charge in [-0.15, -0.1) is 0 Å². The van der Waals surface area contributed by atoms with Crippen molar-refractivity contribution in [2.75, 3.05) is 25.6 Å². The molecule has 346 valence electrons. The number of aliphatic imine (C=N–C) groups is 1. The first kappa shape index (κ1) is 46.8. The van der Waals surface area contributed by atoms with Crippen LogP contribution in [0.15, 0.2) is 70.5 Å². The highest BCUT2D eigenvalue weighted by Gasteiger charge is 2.51. The van der Waals surface area contributed by atoms with Crippen molar-refractivity contribution < 1.29 is 48.3 Å². The zero-order chi connectivity index (χ0) is 46.7. The number of hydrogen-bond donors (Lipinski definition) is 7. The number of ether oxygens (including phenoxy) is 5. The molecule has 8 atom stereocenters. The minimum absolute atomic E-state index is 0.0243. The third-order valence-corrected chi connectivity index (χ3v) is 12.1. The summed E-state index contributed by atoms with van der Waals surface area (Å²) in [7, 11) is 1.38. The molecule has 1 saturated heterocycles. The highest BCUT2D eigenvalue weighted by molar-refractivity contribution is 7.80. The van der Waals surface area contributed by atoms with E-state index in [1.54, 1.807) is 62.6 Å². The number of carbonyl (C=O) groups excluding carboxylic acids is 3. The Morgan fingerprint density at radius 3 is 2.51 bits per heavy atom. The molecule has 3 aliphatic heterocycles. The second kappa shape index (κ2) is 19.5. The van der Waals surface area contributed by atoms with Gasteiger partial charge in [0.1, 0.15) is 36.1 Å². The molecular weight excluding hydrogens is 861 g/mol. The third-order valence-electron chi connectivity index (χ3n) is 11.8. The van der Waals surface area contributed by atoms with Gasteiger partial charge in [0.25, 0.3) is 5.56 Å². The molecule has 20 heteroatoms. The molecule has 7 rings (SSSR count). The number of anilines is 1. The lowest BCUT2D eigenvalue weighted by Crippen LogP contribution is -2.59. The monoisotopic (exact) mass is 914 g/mol. The molecule has 65 heavy (non-hydrogen) atoms. The maximum atomic E-state index is 14.3. The molecule has 0 radical (unpaired) electrons. The van der Waals surface area contributed by atoms with Crippen LogP contribution in [0.2, 0.25) is 0 Å². The van der Waals surface area contributed by atoms with Crippen LogP contribution in [0.4, 0.5) is 5.69 Å². The fourth-order valence-electron chi connectivity index (χ4n) is 8.28. The summed E-state index contributed by atoms with van der Waals surface area (Å²) in [5, 5.41) is 30.8. The molecule has 1 amide bonds. The lowest BCUT2D eigenvalue weighted by molar-refractivity contribution is -0.272. The SMILES string of the molecule is CC[C@@]1(OC(=O)[C@@H](NC(=O)[C@H](CCCN=C(N)N)NC(=S)Nc2ccc(O[C@H]3O[C@@H](C)[C@@H](O)[C@@H](OC)[C@@H]3O)cc2)C(C)C)C(=O)COc2c1cc1n(c2=O)Cc2cc3ccccc3nc2-1. The molecule has 1 fully saturated rings. The van der Waals surface area contributed by atoms with Gasteiger partial charge in [0.15, 0.2) is 23.4 Å². The van der Waals surface area contributed by atoms with Crippen molar-refractivity contribution >= 4 is 57.5 Å². The van der Waals surface area contributed by atoms with Crippen LogP contribution in [0, 0.1) is 5.92 Å². The van der Waals surface area contributed by atoms with Crippen molar-refractivity contribution in [1.29, 1.82) is 0 Å². The van der Waals surface area contributed by atoms with Crippen molar-refractivity contribution in [3.63, 3.8) is 0 Å². The van der Waals surface area contributed by atoms with Gasteiger partial charge >= 0.3 is 5.97 Å². The number of ketones is 1. The van der Waals surface area contributed by atoms with E-state index in [-0.39, 0.29) is 48.3 Å². The van der Waals surface area contributed by atoms with Crippen molar-refractivity contribution in [3.05, 3.63) is 82.1 Å². The van der Waals surface area contributed by atoms with Gasteiger partial charge in [-0.3, -0.25) is 23.9 Å². The van der Waals surface area contributed by atoms with Gasteiger partial charge in [0.2, 0.25) is 23.6 Å². The summed E-state index contributed by atoms with van der Waals surface area (Å²) in [6.45, 7) is 6.71. The Balaban J connectivity index is 1.07. The van der Waals surface area contributed by atoms with Crippen molar-refractivity contribution in [2.45, 2.75) is 102 Å². The number of nitrogens with one attached hydrogen (secondary N) is 3. The van der Waals surface area contributed by atoms with Gasteiger partial charge in [-0.25, -0.2) is 9.78 Å². The molecule has 0 unspecified atom stereocenters. The average Bonchev–Trinajstić information content (AvgIpc) is 3.63. The van der Waals surface area contributed by atoms with E-state index in [1.165, 1.54) is 7.11 Å². The minimum atomic E-state index is -1.91. The standard InChI is InChI=1S/C45H54N8O11S/c1-6-45(28-19-31-34-25(18-24-10-7-8-11-29(24)50-34)20-53(31)40(58)37(28)61-21-32(45)54)64-41(59)33(22(2)3)52-39(57)30(12-9-17-48-43(46)47)51-44(65)49-26-13-15-27(16-14-26)63-42-36(56)38(60-5)35(55)23(4)62-42/h7-8,10-11,13-16,18-19,22-23,30,33,35-36,38,42,55-56H,6,9,12,17,20-21H2,1-5H3,(H,52,57)(H4,46,47,48)(H2,49,51,65)/t23-,30-,33-,35+,36-,38+,42+,45-/m0/s1. The Hall–Kier alpha value is -6.19. The van der Waals surface area contributed by atoms with Crippen molar-refractivity contribution in [3.8, 4) is 22.9 Å². The molecule has 0 aliphatic carbocycles. The lowest BCUT2D eigenvalue weighted by Gasteiger charge is -2.40. The first-order chi connectivity index (χ1) is 31.0. The number of carbonyl (C=O) groups is 3. The number of aromatic nitrogens is 2. The van der Waals surface area contributed by atoms with E-state index >= 15 is 0 Å². The third kappa shape index (κ3) is 9.62. The largest absolute Gasteiger partial charge is 0.479 e. The molecule has 19 nitrogen and oxygen atoms in total. The number of nitrogens with two attached hydrogens (primary N) is 2. The lowest BCUT2D eigenvalue weighted by atomic mass is 9.84. The molecule has 0 bridgehead atoms. The number of fused-ring (bicyclic) bond motifs is 5. The maximum absolute atomic E-state index is 14.3. The molecule has 4 aromatic rings. The summed E-state index contributed by atoms with van der Waals surface area (Å²) >= 11 is 5.61. The van der Waals surface area contributed by atoms with E-state index in [0.717, 1.165) is 16.5 Å². The Morgan fingerprint density at radius 1 is 1.08 bits per heavy atom. The summed E-state index contributed by atoms with van der Waals surface area (Å²) in [6.07, 6.45) is -4.46. The molecule has 0 spiro atoms. The fourth-order valence-corrected chi connectivity index (χ4v) is 8.54. The number of para-hydroxylation sites is 1. The number of benzene rings is 2. The number of amides is 1. The van der Waals surface area contributed by atoms with Crippen LogP contribution in [0.1, 0.15) is 58.1 Å². The molecule has 0 saturated carbocycles. The number of guanidine groups is 1. The number of aliphatic hydroxyl groups is 2. The second-order valence-electron chi connectivity index (χ2n) is 16.5. The molecule has 3 aliphatic rings. The van der Waals surface area contributed by atoms with Crippen LogP contribution in [-0.2, 0) is 40.7 Å². The predicted octanol–water partition coefficient (Wildman–Crippen LogP) is 1.95. The summed E-state index contributed by atoms with van der Waals surface area (Å²) < 4.78 is 30.3. The van der Waals surface area contributed by atoms with E-state index < -0.39 is 84.1 Å². The number of Topliss-reactive ketones (excluding diaryl/α,β-unsaturated/α-hetero) is 1. The number of esters is 1. The normalized spacial score (nSPS) is 23.0. The number of pyridine rings is 2. The quantitative estimate of drug-likeness (QED) is 0.0260. The smallest absolute Gasteiger partial charge is 0.330 e. The Kier molecular flexibility index (Phi) is 14.0. The van der Waals surface area contributed by atoms with E-state index in [0.29, 0.717) is 29.2 Å². The number of nitrogens with zero attached hydrogens (tertiary/aromatic N) is 3. The first-order valence-corrected chi connectivity index (χ1v) is 21.8. The summed E-state index contributed by atoms with van der Waals surface area (Å²) in [5.41, 5.74) is 11.9. The first-order valence-electron chi connectivity index (χ1n) is 21.4. The average molecular weight is 915 g/mol. The molecule has 5 heterocycles. The van der Waals surface area contributed by atoms with Gasteiger partial charge in [0.05, 0.1) is 35.1 Å². The predicted molar refractivity (Wildman–Crippen MR) is 243 cm³/mol. The fraction of sp³-hybridized carbons (Fsp3) is 0.444. The molecular formula is C45H54N8O11S. The molecule has 9 N–H and O–H groups in total. The van der Waals surface area contributed by atoms with Crippen LogP contribution < -0.4 is 42.5 Å². The summed E-state index contributed by atoms with van der Waals surface area (Å²) in [5.74, 6) is -2.43.